The fourth-order valence-corrected chi connectivity index (χ4v) is 2.32. The van der Waals surface area contributed by atoms with Crippen LogP contribution in [-0.4, -0.2) is 25.2 Å². The van der Waals surface area contributed by atoms with Crippen LogP contribution < -0.4 is 5.32 Å². The van der Waals surface area contributed by atoms with Gasteiger partial charge in [0, 0.05) is 32.7 Å². The minimum Gasteiger partial charge on any atom is -0.541 e. The van der Waals surface area contributed by atoms with Gasteiger partial charge in [-0.1, -0.05) is 49.7 Å². The van der Waals surface area contributed by atoms with Gasteiger partial charge in [-0.3, -0.25) is 17.7 Å². The second-order valence-electron chi connectivity index (χ2n) is 6.00. The van der Waals surface area contributed by atoms with Crippen molar-refractivity contribution in [3.05, 3.63) is 48.6 Å². The number of hydrogen-bond donors (Lipinski definition) is 1. The second-order valence-corrected chi connectivity index (χ2v) is 6.00. The van der Waals surface area contributed by atoms with Crippen molar-refractivity contribution in [2.45, 2.75) is 46.1 Å². The van der Waals surface area contributed by atoms with Gasteiger partial charge in [-0.15, -0.1) is 5.92 Å². The topological polar surface area (TPSA) is 46.2 Å². The maximum atomic E-state index is 12.2. The fraction of sp³-hybridized carbons (Fsp3) is 0.500. The first-order valence-corrected chi connectivity index (χ1v) is 8.03. The van der Waals surface area contributed by atoms with E-state index >= 15 is 0 Å². The van der Waals surface area contributed by atoms with E-state index in [1.165, 1.54) is 0 Å². The fourth-order valence-electron chi connectivity index (χ4n) is 2.32. The molecule has 24 heavy (non-hydrogen) atoms. The molecule has 0 saturated heterocycles. The summed E-state index contributed by atoms with van der Waals surface area (Å²) < 4.78 is 0. The Hall–Kier alpha value is -0.636. The predicted molar refractivity (Wildman–Crippen MR) is 95.8 cm³/mol. The van der Waals surface area contributed by atoms with Crippen LogP contribution in [0.5, 0.6) is 0 Å². The van der Waals surface area contributed by atoms with Crippen molar-refractivity contribution in [2.75, 3.05) is 7.05 Å². The number of carbonyl (C=O) groups excluding carboxylic acids is 2. The smallest absolute Gasteiger partial charge is 0.147 e. The molecule has 1 radical (unpaired) electrons. The normalized spacial score (nSPS) is 12.2. The molecule has 0 amide bonds. The SMILES string of the molecule is C=[C-]C.CN[C@@H](CC(C)C)C(=O)C[C@H]([C-]=O)Cc1ccccc1.[Y]. The third-order valence-electron chi connectivity index (χ3n) is 3.38. The number of ketones is 1. The molecule has 0 aliphatic rings. The van der Waals surface area contributed by atoms with Crippen LogP contribution in [0.25, 0.3) is 0 Å². The van der Waals surface area contributed by atoms with Crippen LogP contribution >= 0.6 is 0 Å². The monoisotopic (exact) mass is 404 g/mol. The van der Waals surface area contributed by atoms with E-state index in [1.807, 2.05) is 36.6 Å². The van der Waals surface area contributed by atoms with E-state index in [0.29, 0.717) is 12.3 Å². The van der Waals surface area contributed by atoms with Gasteiger partial charge in [-0.25, -0.2) is 0 Å². The van der Waals surface area contributed by atoms with Crippen molar-refractivity contribution in [2.24, 2.45) is 11.8 Å². The summed E-state index contributed by atoms with van der Waals surface area (Å²) in [4.78, 5) is 23.3. The van der Waals surface area contributed by atoms with Crippen LogP contribution in [0.3, 0.4) is 0 Å². The van der Waals surface area contributed by atoms with Gasteiger partial charge >= 0.3 is 0 Å². The van der Waals surface area contributed by atoms with Crippen LogP contribution in [0.1, 0.15) is 39.2 Å². The molecule has 0 aliphatic heterocycles. The van der Waals surface area contributed by atoms with Gasteiger partial charge in [0.15, 0.2) is 0 Å². The molecule has 1 aromatic rings. The quantitative estimate of drug-likeness (QED) is 0.641. The van der Waals surface area contributed by atoms with Crippen molar-refractivity contribution in [3.8, 4) is 0 Å². The van der Waals surface area contributed by atoms with Gasteiger partial charge in [0.25, 0.3) is 0 Å². The molecule has 0 aliphatic carbocycles. The van der Waals surface area contributed by atoms with Crippen LogP contribution in [0.4, 0.5) is 0 Å². The Morgan fingerprint density at radius 1 is 1.25 bits per heavy atom. The van der Waals surface area contributed by atoms with Crippen LogP contribution in [-0.2, 0) is 48.7 Å². The summed E-state index contributed by atoms with van der Waals surface area (Å²) in [6, 6.07) is 9.59. The first kappa shape index (κ1) is 25.6. The largest absolute Gasteiger partial charge is 0.541 e. The molecular weight excluding hydrogens is 375 g/mol. The molecule has 3 nitrogen and oxygen atoms in total. The van der Waals surface area contributed by atoms with Gasteiger partial charge in [0.05, 0.1) is 6.04 Å². The Kier molecular flexibility index (Phi) is 16.9. The molecular formula is C20H29NO2Y-2. The molecule has 0 aromatic heterocycles. The van der Waals surface area contributed by atoms with Crippen molar-refractivity contribution in [1.29, 1.82) is 0 Å². The minimum absolute atomic E-state index is 0. The number of carbonyl (C=O) groups is 1. The molecule has 0 unspecified atom stereocenters. The summed E-state index contributed by atoms with van der Waals surface area (Å²) in [6.07, 6.45) is 6.15. The Bertz CT molecular complexity index is 460. The Morgan fingerprint density at radius 2 is 1.79 bits per heavy atom. The average molecular weight is 404 g/mol. The zero-order valence-corrected chi connectivity index (χ0v) is 18.2. The Morgan fingerprint density at radius 3 is 2.21 bits per heavy atom. The zero-order chi connectivity index (χ0) is 17.7. The summed E-state index contributed by atoms with van der Waals surface area (Å²) >= 11 is 0. The molecule has 0 saturated carbocycles. The second kappa shape index (κ2) is 15.9. The summed E-state index contributed by atoms with van der Waals surface area (Å²) in [6.45, 7) is 9.18. The van der Waals surface area contributed by atoms with E-state index in [0.717, 1.165) is 12.0 Å². The maximum Gasteiger partial charge on any atom is 0.147 e. The van der Waals surface area contributed by atoms with E-state index in [-0.39, 0.29) is 56.9 Å². The van der Waals surface area contributed by atoms with Gasteiger partial charge in [-0.2, -0.15) is 6.92 Å². The summed E-state index contributed by atoms with van der Waals surface area (Å²) in [5.41, 5.74) is 1.07. The summed E-state index contributed by atoms with van der Waals surface area (Å²) in [7, 11) is 1.79. The standard InChI is InChI=1S/C17H24NO2.C3H5.Y/c1-13(2)9-16(18-3)17(20)11-15(12-19)10-14-7-5-4-6-8-14;1-3-2;/h4-8,13,15-16,18H,9-11H2,1-3H3;1H2,2H3;/q2*-1;/t15-,16+;;/m1../s1. The summed E-state index contributed by atoms with van der Waals surface area (Å²) in [5, 5.41) is 3.05. The third-order valence-corrected chi connectivity index (χ3v) is 3.38. The Labute approximate surface area is 172 Å². The van der Waals surface area contributed by atoms with Gasteiger partial charge < -0.3 is 16.2 Å². The van der Waals surface area contributed by atoms with E-state index in [4.69, 9.17) is 0 Å². The number of hydrogen-bond acceptors (Lipinski definition) is 3. The van der Waals surface area contributed by atoms with Crippen molar-refractivity contribution >= 4 is 12.1 Å². The Balaban J connectivity index is 0. The molecule has 0 bridgehead atoms. The van der Waals surface area contributed by atoms with Crippen molar-refractivity contribution in [3.63, 3.8) is 0 Å². The molecule has 131 valence electrons. The van der Waals surface area contributed by atoms with Gasteiger partial charge in [0.2, 0.25) is 0 Å². The minimum atomic E-state index is -0.354. The van der Waals surface area contributed by atoms with Gasteiger partial charge in [0.1, 0.15) is 5.78 Å². The molecule has 1 N–H and O–H groups in total. The van der Waals surface area contributed by atoms with Gasteiger partial charge in [-0.05, 0) is 32.2 Å². The first-order chi connectivity index (χ1) is 11.0. The van der Waals surface area contributed by atoms with E-state index in [1.54, 1.807) is 14.0 Å². The molecule has 4 heteroatoms. The van der Waals surface area contributed by atoms with E-state index in [9.17, 15) is 9.59 Å². The van der Waals surface area contributed by atoms with Crippen molar-refractivity contribution in [1.82, 2.24) is 5.32 Å². The van der Waals surface area contributed by atoms with Crippen LogP contribution in [0.15, 0.2) is 36.9 Å². The number of likely N-dealkylation sites (N-methyl/N-ethyl adjacent to an activating group) is 1. The van der Waals surface area contributed by atoms with E-state index in [2.05, 4.69) is 31.8 Å². The molecule has 1 aromatic carbocycles. The first-order valence-electron chi connectivity index (χ1n) is 8.03. The number of rotatable bonds is 9. The number of nitrogens with one attached hydrogen (secondary N) is 1. The summed E-state index contributed by atoms with van der Waals surface area (Å²) in [5.74, 6) is 0.197. The van der Waals surface area contributed by atoms with Crippen LogP contribution in [0, 0.1) is 17.9 Å². The number of Topliss-reactive ketones (excluding diaryl/α,β-unsaturated/α-hetero) is 1. The van der Waals surface area contributed by atoms with Crippen LogP contribution in [0.2, 0.25) is 0 Å². The predicted octanol–water partition coefficient (Wildman–Crippen LogP) is 3.54. The molecule has 0 spiro atoms. The number of benzene rings is 1. The third kappa shape index (κ3) is 11.8. The molecule has 0 heterocycles. The molecule has 2 atom stereocenters. The molecule has 1 rings (SSSR count). The number of allylic oxidation sites excluding steroid dienone is 1. The van der Waals surface area contributed by atoms with Crippen molar-refractivity contribution < 1.29 is 42.3 Å². The van der Waals surface area contributed by atoms with E-state index < -0.39 is 0 Å². The zero-order valence-electron chi connectivity index (χ0n) is 15.3. The average Bonchev–Trinajstić information content (AvgIpc) is 2.53. The molecule has 0 fully saturated rings. The maximum absolute atomic E-state index is 12.2.